The largest absolute Gasteiger partial charge is 0.264 e. The summed E-state index contributed by atoms with van der Waals surface area (Å²) < 4.78 is 10.5. The number of pyridine rings is 1. The van der Waals surface area contributed by atoms with E-state index in [1.165, 1.54) is 0 Å². The van der Waals surface area contributed by atoms with Gasteiger partial charge >= 0.3 is 0 Å². The zero-order valence-corrected chi connectivity index (χ0v) is 8.22. The Kier molecular flexibility index (Phi) is 2.47. The normalized spacial score (nSPS) is 20.0. The molecule has 0 amide bonds. The van der Waals surface area contributed by atoms with Crippen LogP contribution < -0.4 is 0 Å². The summed E-state index contributed by atoms with van der Waals surface area (Å²) in [6.45, 7) is 0. The molecule has 1 unspecified atom stereocenters. The third-order valence-corrected chi connectivity index (χ3v) is 3.50. The Labute approximate surface area is 80.9 Å². The maximum atomic E-state index is 10.5. The number of hydrogen-bond donors (Lipinski definition) is 0. The van der Waals surface area contributed by atoms with Gasteiger partial charge in [0, 0.05) is 23.4 Å². The molecule has 5 heteroatoms. The quantitative estimate of drug-likeness (QED) is 0.698. The molecule has 13 heavy (non-hydrogen) atoms. The van der Waals surface area contributed by atoms with E-state index in [4.69, 9.17) is 0 Å². The van der Waals surface area contributed by atoms with Crippen LogP contribution in [-0.2, 0) is 19.7 Å². The minimum atomic E-state index is -0.385. The van der Waals surface area contributed by atoms with Gasteiger partial charge in [-0.2, -0.15) is 0 Å². The highest BCUT2D eigenvalue weighted by Gasteiger charge is 2.05. The van der Waals surface area contributed by atoms with E-state index in [0.29, 0.717) is 10.2 Å². The Morgan fingerprint density at radius 1 is 1.46 bits per heavy atom. The third kappa shape index (κ3) is 1.81. The van der Waals surface area contributed by atoms with Crippen LogP contribution in [0.15, 0.2) is 34.9 Å². The summed E-state index contributed by atoms with van der Waals surface area (Å²) in [4.78, 5) is 8.13. The lowest BCUT2D eigenvalue weighted by molar-refractivity contribution is 0.701. The van der Waals surface area contributed by atoms with E-state index in [-0.39, 0.29) is 9.45 Å². The van der Waals surface area contributed by atoms with Crippen LogP contribution in [0, 0.1) is 0 Å². The molecule has 3 nitrogen and oxygen atoms in total. The second-order valence-corrected chi connectivity index (χ2v) is 5.18. The van der Waals surface area contributed by atoms with E-state index in [1.807, 2.05) is 17.5 Å². The molecule has 0 bridgehead atoms. The second kappa shape index (κ2) is 3.76. The van der Waals surface area contributed by atoms with Gasteiger partial charge in [0.05, 0.1) is 11.2 Å². The van der Waals surface area contributed by atoms with E-state index in [9.17, 15) is 4.21 Å². The molecule has 0 saturated heterocycles. The van der Waals surface area contributed by atoms with Gasteiger partial charge in [0.25, 0.3) is 0 Å². The second-order valence-electron chi connectivity index (χ2n) is 2.38. The minimum Gasteiger partial charge on any atom is -0.264 e. The molecular weight excluding hydrogens is 204 g/mol. The number of aromatic nitrogens is 1. The van der Waals surface area contributed by atoms with Gasteiger partial charge < -0.3 is 0 Å². The maximum Gasteiger partial charge on any atom is 0.130 e. The fraction of sp³-hybridized carbons (Fsp3) is 0. The predicted molar refractivity (Wildman–Crippen MR) is 56.2 cm³/mol. The van der Waals surface area contributed by atoms with Crippen LogP contribution in [0.2, 0.25) is 0 Å². The molecule has 2 heterocycles. The molecule has 1 aliphatic heterocycles. The Morgan fingerprint density at radius 2 is 2.38 bits per heavy atom. The molecular formula is C8H6N2OS2. The van der Waals surface area contributed by atoms with Crippen molar-refractivity contribution >= 4 is 30.9 Å². The van der Waals surface area contributed by atoms with Crippen LogP contribution in [-0.4, -0.2) is 14.7 Å². The standard InChI is InChI=1S/C8H6N2OS2/c11-12-13-5-8(10-6-13)7-2-1-3-9-4-7/h1-6H. The first-order valence-electron chi connectivity index (χ1n) is 3.59. The zero-order chi connectivity index (χ0) is 9.10. The van der Waals surface area contributed by atoms with Crippen LogP contribution in [0.25, 0.3) is 5.70 Å². The Morgan fingerprint density at radius 3 is 3.00 bits per heavy atom. The van der Waals surface area contributed by atoms with Crippen molar-refractivity contribution in [2.24, 2.45) is 4.99 Å². The highest BCUT2D eigenvalue weighted by molar-refractivity contribution is 8.40. The fourth-order valence-corrected chi connectivity index (χ4v) is 2.37. The Bertz CT molecular complexity index is 433. The summed E-state index contributed by atoms with van der Waals surface area (Å²) in [7, 11) is 0.177. The molecule has 0 fully saturated rings. The first-order valence-corrected chi connectivity index (χ1v) is 6.20. The van der Waals surface area contributed by atoms with Gasteiger partial charge in [-0.25, -0.2) is 9.20 Å². The van der Waals surface area contributed by atoms with Crippen molar-refractivity contribution in [3.05, 3.63) is 35.5 Å². The number of aliphatic imine (C=N–C) groups is 1. The molecule has 2 rings (SSSR count). The molecule has 0 spiro atoms. The SMILES string of the molecule is O=S=S1C=NC(c2cccnc2)=C1. The van der Waals surface area contributed by atoms with Gasteiger partial charge in [-0.15, -0.1) is 0 Å². The fourth-order valence-electron chi connectivity index (χ4n) is 0.974. The lowest BCUT2D eigenvalue weighted by atomic mass is 10.2. The van der Waals surface area contributed by atoms with Crippen molar-refractivity contribution in [3.63, 3.8) is 0 Å². The monoisotopic (exact) mass is 210 g/mol. The summed E-state index contributed by atoms with van der Waals surface area (Å²) in [5.41, 5.74) is 3.49. The average Bonchev–Trinajstić information content (AvgIpc) is 2.67. The van der Waals surface area contributed by atoms with Gasteiger partial charge in [-0.05, 0) is 21.6 Å². The molecule has 1 aromatic rings. The Hall–Kier alpha value is -1.07. The van der Waals surface area contributed by atoms with Gasteiger partial charge in [0.15, 0.2) is 0 Å². The first-order chi connectivity index (χ1) is 6.40. The average molecular weight is 210 g/mol. The summed E-state index contributed by atoms with van der Waals surface area (Å²) in [6, 6.07) is 3.78. The molecule has 66 valence electrons. The summed E-state index contributed by atoms with van der Waals surface area (Å²) in [5.74, 6) is 0. The molecule has 0 radical (unpaired) electrons. The first kappa shape index (κ1) is 8.52. The van der Waals surface area contributed by atoms with Crippen LogP contribution in [0.5, 0.6) is 0 Å². The van der Waals surface area contributed by atoms with E-state index in [2.05, 4.69) is 9.98 Å². The topological polar surface area (TPSA) is 42.3 Å². The van der Waals surface area contributed by atoms with E-state index < -0.39 is 0 Å². The predicted octanol–water partition coefficient (Wildman–Crippen LogP) is 1.17. The van der Waals surface area contributed by atoms with Crippen LogP contribution in [0.1, 0.15) is 5.56 Å². The molecule has 0 aliphatic carbocycles. The number of nitrogens with zero attached hydrogens (tertiary/aromatic N) is 2. The van der Waals surface area contributed by atoms with E-state index in [1.54, 1.807) is 17.9 Å². The van der Waals surface area contributed by atoms with Crippen molar-refractivity contribution in [2.45, 2.75) is 0 Å². The van der Waals surface area contributed by atoms with Crippen molar-refractivity contribution in [2.75, 3.05) is 0 Å². The van der Waals surface area contributed by atoms with Crippen LogP contribution in [0.4, 0.5) is 0 Å². The highest BCUT2D eigenvalue weighted by atomic mass is 32.8. The molecule has 0 aromatic carbocycles. The van der Waals surface area contributed by atoms with E-state index >= 15 is 0 Å². The van der Waals surface area contributed by atoms with Gasteiger partial charge in [-0.3, -0.25) is 4.98 Å². The van der Waals surface area contributed by atoms with Crippen molar-refractivity contribution < 1.29 is 4.21 Å². The van der Waals surface area contributed by atoms with Crippen LogP contribution in [0.3, 0.4) is 0 Å². The lowest BCUT2D eigenvalue weighted by Gasteiger charge is -1.94. The van der Waals surface area contributed by atoms with Crippen molar-refractivity contribution in [1.29, 1.82) is 0 Å². The van der Waals surface area contributed by atoms with Crippen LogP contribution >= 0.6 is 0 Å². The minimum absolute atomic E-state index is 0.385. The van der Waals surface area contributed by atoms with Gasteiger partial charge in [0.1, 0.15) is 10.2 Å². The lowest BCUT2D eigenvalue weighted by Crippen LogP contribution is -1.79. The summed E-state index contributed by atoms with van der Waals surface area (Å²) in [6.07, 6.45) is 3.45. The summed E-state index contributed by atoms with van der Waals surface area (Å²) >= 11 is 0. The maximum absolute atomic E-state index is 10.5. The van der Waals surface area contributed by atoms with Crippen molar-refractivity contribution in [3.8, 4) is 0 Å². The smallest absolute Gasteiger partial charge is 0.130 e. The van der Waals surface area contributed by atoms with Gasteiger partial charge in [-0.1, -0.05) is 0 Å². The third-order valence-electron chi connectivity index (χ3n) is 1.56. The van der Waals surface area contributed by atoms with Gasteiger partial charge in [0.2, 0.25) is 0 Å². The molecule has 0 N–H and O–H groups in total. The van der Waals surface area contributed by atoms with Crippen molar-refractivity contribution in [1.82, 2.24) is 4.98 Å². The number of rotatable bonds is 1. The zero-order valence-electron chi connectivity index (χ0n) is 6.58. The molecule has 1 aromatic heterocycles. The summed E-state index contributed by atoms with van der Waals surface area (Å²) in [5, 5.41) is 1.87. The molecule has 1 aliphatic rings. The molecule has 0 saturated carbocycles. The molecule has 1 atom stereocenters. The Balaban J connectivity index is 2.41. The van der Waals surface area contributed by atoms with E-state index in [0.717, 1.165) is 11.3 Å². The highest BCUT2D eigenvalue weighted by Crippen LogP contribution is 2.18. The number of hydrogen-bond acceptors (Lipinski definition) is 3.